The number of aliphatic hydroxyl groups is 2. The molecule has 1 aliphatic heterocycles. The lowest BCUT2D eigenvalue weighted by Gasteiger charge is -2.28. The van der Waals surface area contributed by atoms with E-state index in [4.69, 9.17) is 21.1 Å². The van der Waals surface area contributed by atoms with Crippen LogP contribution in [0.5, 0.6) is 11.5 Å². The van der Waals surface area contributed by atoms with Crippen molar-refractivity contribution in [3.63, 3.8) is 0 Å². The number of aliphatic hydroxyl groups excluding tert-OH is 2. The van der Waals surface area contributed by atoms with Gasteiger partial charge in [-0.25, -0.2) is 0 Å². The maximum atomic E-state index is 10.3. The Morgan fingerprint density at radius 2 is 1.64 bits per heavy atom. The first-order chi connectivity index (χ1) is 15.8. The number of thioether (sulfide) groups is 1. The first kappa shape index (κ1) is 26.9. The number of hydrogen-bond donors (Lipinski definition) is 2. The predicted molar refractivity (Wildman–Crippen MR) is 145 cm³/mol. The van der Waals surface area contributed by atoms with E-state index in [0.717, 1.165) is 39.7 Å². The molecule has 0 aliphatic carbocycles. The van der Waals surface area contributed by atoms with E-state index in [0.29, 0.717) is 13.2 Å². The molecule has 8 heteroatoms. The molecule has 2 atom stereocenters. The van der Waals surface area contributed by atoms with Gasteiger partial charge >= 0.3 is 0 Å². The minimum absolute atomic E-state index is 0.151. The lowest BCUT2D eigenvalue weighted by atomic mass is 9.78. The van der Waals surface area contributed by atoms with Crippen LogP contribution in [0.1, 0.15) is 25.0 Å². The molecule has 0 bridgehead atoms. The van der Waals surface area contributed by atoms with Gasteiger partial charge in [0.2, 0.25) is 0 Å². The molecule has 1 fully saturated rings. The summed E-state index contributed by atoms with van der Waals surface area (Å²) in [6.07, 6.45) is -1.16. The molecule has 5 nitrogen and oxygen atoms in total. The molecule has 1 saturated heterocycles. The zero-order valence-electron chi connectivity index (χ0n) is 19.2. The number of rotatable bonds is 11. The molecule has 0 saturated carbocycles. The molecular formula is C25H33ClINO4S. The van der Waals surface area contributed by atoms with Gasteiger partial charge < -0.3 is 19.7 Å². The van der Waals surface area contributed by atoms with Gasteiger partial charge in [-0.3, -0.25) is 4.90 Å². The predicted octanol–water partition coefficient (Wildman–Crippen LogP) is 4.38. The normalized spacial score (nSPS) is 16.9. The Hall–Kier alpha value is -0.710. The standard InChI is InChI=1S/C25H33ClINO4S/c1-25(2,19-5-8-24(23(27)13-19)32-16-20(29)14-26)18-3-6-22(7-4-18)31-17-21(30)15-28-9-11-33-12-10-28/h3-8,13,20-21,29-30H,9-12,14-17H2,1-2H3/t20-,21-/m1/s1/i27-4. The third-order valence-electron chi connectivity index (χ3n) is 5.85. The van der Waals surface area contributed by atoms with E-state index in [2.05, 4.69) is 65.6 Å². The molecule has 182 valence electrons. The topological polar surface area (TPSA) is 62.2 Å². The maximum absolute atomic E-state index is 10.3. The molecule has 2 aromatic rings. The number of alkyl halides is 1. The monoisotopic (exact) mass is 601 g/mol. The van der Waals surface area contributed by atoms with Crippen molar-refractivity contribution >= 4 is 46.0 Å². The van der Waals surface area contributed by atoms with E-state index in [-0.39, 0.29) is 17.9 Å². The smallest absolute Gasteiger partial charge is 0.132 e. The SMILES string of the molecule is CC(C)(c1ccc(OC[C@H](O)CN2CCSCC2)cc1)c1ccc(OC[C@H](O)CCl)c([123I])c1. The van der Waals surface area contributed by atoms with Crippen LogP contribution in [-0.4, -0.2) is 77.6 Å². The molecule has 0 aromatic heterocycles. The second kappa shape index (κ2) is 12.8. The highest BCUT2D eigenvalue weighted by atomic mass is 123. The van der Waals surface area contributed by atoms with E-state index in [1.807, 2.05) is 30.0 Å². The van der Waals surface area contributed by atoms with Crippen molar-refractivity contribution in [3.8, 4) is 11.5 Å². The van der Waals surface area contributed by atoms with Crippen molar-refractivity contribution in [2.75, 3.05) is 50.2 Å². The summed E-state index contributed by atoms with van der Waals surface area (Å²) in [6, 6.07) is 14.2. The van der Waals surface area contributed by atoms with E-state index in [9.17, 15) is 10.2 Å². The van der Waals surface area contributed by atoms with Crippen LogP contribution >= 0.6 is 46.0 Å². The Morgan fingerprint density at radius 3 is 2.27 bits per heavy atom. The molecule has 0 amide bonds. The largest absolute Gasteiger partial charge is 0.491 e. The molecule has 2 N–H and O–H groups in total. The van der Waals surface area contributed by atoms with Crippen LogP contribution in [0.3, 0.4) is 0 Å². The zero-order valence-corrected chi connectivity index (χ0v) is 22.9. The quantitative estimate of drug-likeness (QED) is 0.295. The highest BCUT2D eigenvalue weighted by Gasteiger charge is 2.24. The summed E-state index contributed by atoms with van der Waals surface area (Å²) < 4.78 is 12.5. The minimum atomic E-state index is -0.677. The van der Waals surface area contributed by atoms with Crippen molar-refractivity contribution in [3.05, 3.63) is 57.2 Å². The van der Waals surface area contributed by atoms with E-state index < -0.39 is 12.2 Å². The van der Waals surface area contributed by atoms with Crippen molar-refractivity contribution in [1.82, 2.24) is 4.90 Å². The fourth-order valence-electron chi connectivity index (χ4n) is 3.70. The maximum Gasteiger partial charge on any atom is 0.132 e. The number of β-amino-alcohol motifs (C(OH)–C–C–N with tert-alkyl or cyclic N) is 1. The summed E-state index contributed by atoms with van der Waals surface area (Å²) in [7, 11) is 0. The molecule has 33 heavy (non-hydrogen) atoms. The number of nitrogens with zero attached hydrogens (tertiary/aromatic N) is 1. The van der Waals surface area contributed by atoms with Gasteiger partial charge in [-0.1, -0.05) is 32.0 Å². The van der Waals surface area contributed by atoms with Gasteiger partial charge in [0, 0.05) is 36.6 Å². The molecule has 0 radical (unpaired) electrons. The third-order valence-corrected chi connectivity index (χ3v) is 8.00. The number of benzene rings is 2. The first-order valence-electron chi connectivity index (χ1n) is 11.2. The first-order valence-corrected chi connectivity index (χ1v) is 13.9. The fraction of sp³-hybridized carbons (Fsp3) is 0.520. The Labute approximate surface area is 219 Å². The highest BCUT2D eigenvalue weighted by molar-refractivity contribution is 14.1. The number of halogens is 2. The number of hydrogen-bond acceptors (Lipinski definition) is 6. The number of ether oxygens (including phenoxy) is 2. The molecule has 0 spiro atoms. The van der Waals surface area contributed by atoms with Crippen LogP contribution in [0.25, 0.3) is 0 Å². The van der Waals surface area contributed by atoms with Gasteiger partial charge in [-0.05, 0) is 58.0 Å². The van der Waals surface area contributed by atoms with E-state index in [1.54, 1.807) is 0 Å². The molecule has 1 aliphatic rings. The van der Waals surface area contributed by atoms with Crippen molar-refractivity contribution in [2.45, 2.75) is 31.5 Å². The van der Waals surface area contributed by atoms with Crippen molar-refractivity contribution in [2.24, 2.45) is 0 Å². The van der Waals surface area contributed by atoms with Crippen LogP contribution in [-0.2, 0) is 5.41 Å². The van der Waals surface area contributed by atoms with Gasteiger partial charge in [0.1, 0.15) is 36.9 Å². The summed E-state index contributed by atoms with van der Waals surface area (Å²) in [5.74, 6) is 3.93. The molecule has 0 unspecified atom stereocenters. The lowest BCUT2D eigenvalue weighted by Crippen LogP contribution is -2.40. The van der Waals surface area contributed by atoms with Crippen LogP contribution in [0.2, 0.25) is 0 Å². The Morgan fingerprint density at radius 1 is 1.00 bits per heavy atom. The average molecular weight is 602 g/mol. The Bertz CT molecular complexity index is 877. The summed E-state index contributed by atoms with van der Waals surface area (Å²) in [6.45, 7) is 7.58. The second-order valence-corrected chi connectivity index (χ2v) is 11.5. The van der Waals surface area contributed by atoms with Crippen LogP contribution in [0.4, 0.5) is 0 Å². The summed E-state index contributed by atoms with van der Waals surface area (Å²) in [5.41, 5.74) is 2.13. The highest BCUT2D eigenvalue weighted by Crippen LogP contribution is 2.35. The summed E-state index contributed by atoms with van der Waals surface area (Å²) >= 11 is 9.87. The Balaban J connectivity index is 1.57. The van der Waals surface area contributed by atoms with Crippen LogP contribution in [0, 0.1) is 3.57 Å². The molecule has 3 rings (SSSR count). The summed E-state index contributed by atoms with van der Waals surface area (Å²) in [4.78, 5) is 2.30. The van der Waals surface area contributed by atoms with Crippen LogP contribution < -0.4 is 9.47 Å². The van der Waals surface area contributed by atoms with Gasteiger partial charge in [0.15, 0.2) is 0 Å². The van der Waals surface area contributed by atoms with Gasteiger partial charge in [0.25, 0.3) is 0 Å². The Kier molecular flexibility index (Phi) is 10.5. The third kappa shape index (κ3) is 7.90. The van der Waals surface area contributed by atoms with E-state index >= 15 is 0 Å². The zero-order chi connectivity index (χ0) is 23.8. The lowest BCUT2D eigenvalue weighted by molar-refractivity contribution is 0.0715. The molecular weight excluding hydrogens is 569 g/mol. The molecule has 1 heterocycles. The van der Waals surface area contributed by atoms with Crippen LogP contribution in [0.15, 0.2) is 42.5 Å². The van der Waals surface area contributed by atoms with Gasteiger partial charge in [0.05, 0.1) is 9.45 Å². The van der Waals surface area contributed by atoms with Gasteiger partial charge in [-0.2, -0.15) is 11.8 Å². The van der Waals surface area contributed by atoms with Crippen molar-refractivity contribution < 1.29 is 19.7 Å². The van der Waals surface area contributed by atoms with Crippen molar-refractivity contribution in [1.29, 1.82) is 0 Å². The summed E-state index contributed by atoms with van der Waals surface area (Å²) in [5, 5.41) is 19.9. The molecule has 2 aromatic carbocycles. The second-order valence-electron chi connectivity index (χ2n) is 8.79. The van der Waals surface area contributed by atoms with Gasteiger partial charge in [-0.15, -0.1) is 11.6 Å². The minimum Gasteiger partial charge on any atom is -0.491 e. The van der Waals surface area contributed by atoms with E-state index in [1.165, 1.54) is 11.1 Å². The fourth-order valence-corrected chi connectivity index (χ4v) is 5.44. The average Bonchev–Trinajstić information content (AvgIpc) is 2.82.